The molecule has 5 rings (SSSR count). The van der Waals surface area contributed by atoms with Gasteiger partial charge < -0.3 is 0 Å². The van der Waals surface area contributed by atoms with E-state index in [0.29, 0.717) is 0 Å². The van der Waals surface area contributed by atoms with Crippen LogP contribution in [0.5, 0.6) is 0 Å². The summed E-state index contributed by atoms with van der Waals surface area (Å²) in [6.45, 7) is 2.68. The normalized spacial score (nSPS) is 58.0. The van der Waals surface area contributed by atoms with Crippen molar-refractivity contribution < 1.29 is 0 Å². The van der Waals surface area contributed by atoms with Crippen molar-refractivity contribution in [3.05, 3.63) is 0 Å². The first-order chi connectivity index (χ1) is 9.81. The van der Waals surface area contributed by atoms with Crippen molar-refractivity contribution in [1.29, 1.82) is 0 Å². The third kappa shape index (κ3) is 1.66. The SMILES string of the molecule is CC(C1CCC2CCC1C2)C1CCC2C3CCC(C3)C21. The second kappa shape index (κ2) is 4.50. The topological polar surface area (TPSA) is 0 Å². The van der Waals surface area contributed by atoms with Gasteiger partial charge in [0.25, 0.3) is 0 Å². The molecule has 9 unspecified atom stereocenters. The minimum Gasteiger partial charge on any atom is -0.0620 e. The Hall–Kier alpha value is 0. The zero-order chi connectivity index (χ0) is 13.3. The van der Waals surface area contributed by atoms with Crippen LogP contribution in [-0.2, 0) is 0 Å². The predicted molar refractivity (Wildman–Crippen MR) is 83.3 cm³/mol. The highest BCUT2D eigenvalue weighted by Gasteiger charge is 2.55. The van der Waals surface area contributed by atoms with Crippen LogP contribution in [0.25, 0.3) is 0 Å². The van der Waals surface area contributed by atoms with Crippen LogP contribution >= 0.6 is 0 Å². The Morgan fingerprint density at radius 1 is 0.650 bits per heavy atom. The number of fused-ring (bicyclic) bond motifs is 7. The van der Waals surface area contributed by atoms with Crippen LogP contribution in [0.4, 0.5) is 0 Å². The second-order valence-corrected chi connectivity index (χ2v) is 9.36. The van der Waals surface area contributed by atoms with E-state index in [1.807, 2.05) is 0 Å². The molecule has 20 heavy (non-hydrogen) atoms. The molecular formula is C20H32. The summed E-state index contributed by atoms with van der Waals surface area (Å²) < 4.78 is 0. The molecule has 0 aromatic rings. The molecule has 0 spiro atoms. The van der Waals surface area contributed by atoms with Gasteiger partial charge in [-0.25, -0.2) is 0 Å². The molecule has 0 heteroatoms. The van der Waals surface area contributed by atoms with Gasteiger partial charge in [0, 0.05) is 0 Å². The molecule has 112 valence electrons. The molecule has 9 atom stereocenters. The van der Waals surface area contributed by atoms with Gasteiger partial charge in [0.2, 0.25) is 0 Å². The molecule has 0 amide bonds. The fraction of sp³-hybridized carbons (Fsp3) is 1.00. The molecule has 0 heterocycles. The van der Waals surface area contributed by atoms with Gasteiger partial charge in [0.05, 0.1) is 0 Å². The van der Waals surface area contributed by atoms with E-state index in [2.05, 4.69) is 6.92 Å². The van der Waals surface area contributed by atoms with Crippen LogP contribution in [0.15, 0.2) is 0 Å². The van der Waals surface area contributed by atoms with E-state index in [4.69, 9.17) is 0 Å². The van der Waals surface area contributed by atoms with Crippen LogP contribution < -0.4 is 0 Å². The Morgan fingerprint density at radius 3 is 2.35 bits per heavy atom. The maximum atomic E-state index is 2.68. The molecule has 0 nitrogen and oxygen atoms in total. The highest BCUT2D eigenvalue weighted by molar-refractivity contribution is 5.04. The summed E-state index contributed by atoms with van der Waals surface area (Å²) in [4.78, 5) is 0. The smallest absolute Gasteiger partial charge is 0.0324 e. The lowest BCUT2D eigenvalue weighted by molar-refractivity contribution is 0.0872. The molecule has 5 fully saturated rings. The highest BCUT2D eigenvalue weighted by Crippen LogP contribution is 2.63. The van der Waals surface area contributed by atoms with Crippen LogP contribution in [0, 0.1) is 53.3 Å². The lowest BCUT2D eigenvalue weighted by Crippen LogP contribution is -2.33. The molecular weight excluding hydrogens is 240 g/mol. The van der Waals surface area contributed by atoms with E-state index < -0.39 is 0 Å². The van der Waals surface area contributed by atoms with Crippen LogP contribution in [0.2, 0.25) is 0 Å². The molecule has 0 saturated heterocycles. The maximum absolute atomic E-state index is 2.68. The molecule has 4 bridgehead atoms. The summed E-state index contributed by atoms with van der Waals surface area (Å²) in [6, 6.07) is 0. The van der Waals surface area contributed by atoms with Gasteiger partial charge in [-0.15, -0.1) is 0 Å². The van der Waals surface area contributed by atoms with Crippen molar-refractivity contribution in [2.45, 2.75) is 71.1 Å². The third-order valence-corrected chi connectivity index (χ3v) is 8.93. The molecule has 5 saturated carbocycles. The van der Waals surface area contributed by atoms with Gasteiger partial charge >= 0.3 is 0 Å². The van der Waals surface area contributed by atoms with Crippen molar-refractivity contribution in [2.75, 3.05) is 0 Å². The van der Waals surface area contributed by atoms with Gasteiger partial charge in [0.15, 0.2) is 0 Å². The summed E-state index contributed by atoms with van der Waals surface area (Å²) in [7, 11) is 0. The van der Waals surface area contributed by atoms with Crippen LogP contribution in [0.1, 0.15) is 71.1 Å². The van der Waals surface area contributed by atoms with Crippen molar-refractivity contribution >= 4 is 0 Å². The number of rotatable bonds is 2. The first-order valence-electron chi connectivity index (χ1n) is 9.81. The highest BCUT2D eigenvalue weighted by atomic mass is 14.6. The largest absolute Gasteiger partial charge is 0.0620 e. The number of hydrogen-bond donors (Lipinski definition) is 0. The van der Waals surface area contributed by atoms with Crippen molar-refractivity contribution in [2.24, 2.45) is 53.3 Å². The molecule has 5 aliphatic rings. The van der Waals surface area contributed by atoms with E-state index in [9.17, 15) is 0 Å². The molecule has 0 aliphatic heterocycles. The fourth-order valence-corrected chi connectivity index (χ4v) is 8.18. The molecule has 0 aromatic heterocycles. The Kier molecular flexibility index (Phi) is 2.82. The first-order valence-corrected chi connectivity index (χ1v) is 9.81. The quantitative estimate of drug-likeness (QED) is 0.621. The monoisotopic (exact) mass is 272 g/mol. The predicted octanol–water partition coefficient (Wildman–Crippen LogP) is 5.52. The van der Waals surface area contributed by atoms with E-state index >= 15 is 0 Å². The van der Waals surface area contributed by atoms with E-state index in [1.165, 1.54) is 23.7 Å². The van der Waals surface area contributed by atoms with E-state index in [-0.39, 0.29) is 0 Å². The van der Waals surface area contributed by atoms with Crippen molar-refractivity contribution in [1.82, 2.24) is 0 Å². The molecule has 0 aromatic carbocycles. The molecule has 0 radical (unpaired) electrons. The Balaban J connectivity index is 1.35. The average molecular weight is 272 g/mol. The Bertz CT molecular complexity index is 385. The minimum absolute atomic E-state index is 1.06. The van der Waals surface area contributed by atoms with Gasteiger partial charge in [-0.05, 0) is 105 Å². The van der Waals surface area contributed by atoms with Crippen molar-refractivity contribution in [3.63, 3.8) is 0 Å². The maximum Gasteiger partial charge on any atom is -0.0324 e. The zero-order valence-corrected chi connectivity index (χ0v) is 13.3. The van der Waals surface area contributed by atoms with E-state index in [0.717, 1.165) is 29.6 Å². The lowest BCUT2D eigenvalue weighted by Gasteiger charge is -2.40. The van der Waals surface area contributed by atoms with Crippen LogP contribution in [0.3, 0.4) is 0 Å². The zero-order valence-electron chi connectivity index (χ0n) is 13.3. The standard InChI is InChI=1S/C20H32/c1-12(17-7-3-13-2-4-14(17)10-13)18-8-9-19-15-5-6-16(11-15)20(18)19/h12-20H,2-11H2,1H3. The summed E-state index contributed by atoms with van der Waals surface area (Å²) in [5, 5.41) is 0. The average Bonchev–Trinajstić information content (AvgIpc) is 3.19. The van der Waals surface area contributed by atoms with Crippen LogP contribution in [-0.4, -0.2) is 0 Å². The van der Waals surface area contributed by atoms with E-state index in [1.54, 1.807) is 64.2 Å². The summed E-state index contributed by atoms with van der Waals surface area (Å²) in [5.41, 5.74) is 0. The first kappa shape index (κ1) is 12.5. The van der Waals surface area contributed by atoms with Gasteiger partial charge in [0.1, 0.15) is 0 Å². The molecule has 5 aliphatic carbocycles. The third-order valence-electron chi connectivity index (χ3n) is 8.93. The Labute approximate surface area is 125 Å². The summed E-state index contributed by atoms with van der Waals surface area (Å²) in [6.07, 6.45) is 16.0. The lowest BCUT2D eigenvalue weighted by atomic mass is 9.65. The Morgan fingerprint density at radius 2 is 1.40 bits per heavy atom. The number of hydrogen-bond acceptors (Lipinski definition) is 0. The summed E-state index contributed by atoms with van der Waals surface area (Å²) >= 11 is 0. The van der Waals surface area contributed by atoms with Gasteiger partial charge in [-0.1, -0.05) is 19.8 Å². The molecule has 0 N–H and O–H groups in total. The summed E-state index contributed by atoms with van der Waals surface area (Å²) in [5.74, 6) is 10.3. The van der Waals surface area contributed by atoms with Gasteiger partial charge in [-0.3, -0.25) is 0 Å². The second-order valence-electron chi connectivity index (χ2n) is 9.36. The van der Waals surface area contributed by atoms with Gasteiger partial charge in [-0.2, -0.15) is 0 Å². The minimum atomic E-state index is 1.06. The fourth-order valence-electron chi connectivity index (χ4n) is 8.18. The van der Waals surface area contributed by atoms with Crippen molar-refractivity contribution in [3.8, 4) is 0 Å².